The van der Waals surface area contributed by atoms with E-state index in [1.807, 2.05) is 6.92 Å². The van der Waals surface area contributed by atoms with E-state index in [-0.39, 0.29) is 11.9 Å². The van der Waals surface area contributed by atoms with E-state index in [2.05, 4.69) is 24.1 Å². The number of anilines is 2. The maximum Gasteiger partial charge on any atom is 0.330 e. The Kier molecular flexibility index (Phi) is 4.20. The topological polar surface area (TPSA) is 92.9 Å². The van der Waals surface area contributed by atoms with Crippen LogP contribution in [0.3, 0.4) is 0 Å². The first-order chi connectivity index (χ1) is 9.42. The molecule has 0 amide bonds. The number of aromatic amines is 1. The Morgan fingerprint density at radius 2 is 1.85 bits per heavy atom. The minimum absolute atomic E-state index is 0.229. The Bertz CT molecular complexity index is 580. The number of hydrogen-bond acceptors (Lipinski definition) is 4. The SMILES string of the molecule is CCn1c(N)c(NC2CC(C)CC(C)C2)c(=O)[nH]c1=O. The molecule has 6 nitrogen and oxygen atoms in total. The normalized spacial score (nSPS) is 26.4. The number of nitrogens with one attached hydrogen (secondary N) is 2. The highest BCUT2D eigenvalue weighted by molar-refractivity contribution is 5.60. The van der Waals surface area contributed by atoms with Crippen LogP contribution in [0, 0.1) is 11.8 Å². The second-order valence-corrected chi connectivity index (χ2v) is 6.02. The summed E-state index contributed by atoms with van der Waals surface area (Å²) in [6.07, 6.45) is 3.27. The molecule has 1 saturated carbocycles. The van der Waals surface area contributed by atoms with Crippen molar-refractivity contribution in [1.82, 2.24) is 9.55 Å². The number of nitrogen functional groups attached to an aromatic ring is 1. The molecule has 2 rings (SSSR count). The van der Waals surface area contributed by atoms with Crippen LogP contribution in [-0.4, -0.2) is 15.6 Å². The molecule has 2 unspecified atom stereocenters. The largest absolute Gasteiger partial charge is 0.383 e. The maximum absolute atomic E-state index is 12.0. The van der Waals surface area contributed by atoms with Crippen LogP contribution in [0.4, 0.5) is 11.5 Å². The second kappa shape index (κ2) is 5.73. The lowest BCUT2D eigenvalue weighted by Crippen LogP contribution is -2.37. The van der Waals surface area contributed by atoms with Gasteiger partial charge in [0.15, 0.2) is 0 Å². The molecule has 0 spiro atoms. The van der Waals surface area contributed by atoms with Gasteiger partial charge >= 0.3 is 5.69 Å². The van der Waals surface area contributed by atoms with Crippen molar-refractivity contribution in [3.63, 3.8) is 0 Å². The first kappa shape index (κ1) is 14.7. The minimum Gasteiger partial charge on any atom is -0.383 e. The molecule has 1 heterocycles. The van der Waals surface area contributed by atoms with Crippen LogP contribution in [0.25, 0.3) is 0 Å². The first-order valence-electron chi connectivity index (χ1n) is 7.31. The smallest absolute Gasteiger partial charge is 0.330 e. The Hall–Kier alpha value is -1.72. The van der Waals surface area contributed by atoms with Crippen molar-refractivity contribution in [1.29, 1.82) is 0 Å². The van der Waals surface area contributed by atoms with Gasteiger partial charge in [0.1, 0.15) is 11.5 Å². The van der Waals surface area contributed by atoms with Crippen LogP contribution in [0.15, 0.2) is 9.59 Å². The lowest BCUT2D eigenvalue weighted by Gasteiger charge is -2.32. The van der Waals surface area contributed by atoms with Crippen molar-refractivity contribution in [3.05, 3.63) is 20.8 Å². The molecule has 6 heteroatoms. The van der Waals surface area contributed by atoms with Crippen molar-refractivity contribution in [3.8, 4) is 0 Å². The lowest BCUT2D eigenvalue weighted by molar-refractivity contribution is 0.280. The summed E-state index contributed by atoms with van der Waals surface area (Å²) in [7, 11) is 0. The molecule has 1 fully saturated rings. The Morgan fingerprint density at radius 1 is 1.25 bits per heavy atom. The molecule has 20 heavy (non-hydrogen) atoms. The Labute approximate surface area is 118 Å². The van der Waals surface area contributed by atoms with Gasteiger partial charge < -0.3 is 11.1 Å². The molecule has 2 atom stereocenters. The highest BCUT2D eigenvalue weighted by atomic mass is 16.2. The summed E-state index contributed by atoms with van der Waals surface area (Å²) in [5.41, 5.74) is 5.41. The summed E-state index contributed by atoms with van der Waals surface area (Å²) in [5, 5.41) is 3.25. The fourth-order valence-electron chi connectivity index (χ4n) is 3.31. The molecule has 0 radical (unpaired) electrons. The maximum atomic E-state index is 12.0. The van der Waals surface area contributed by atoms with Gasteiger partial charge in [0.2, 0.25) is 0 Å². The minimum atomic E-state index is -0.453. The number of H-pyrrole nitrogens is 1. The predicted molar refractivity (Wildman–Crippen MR) is 81.0 cm³/mol. The number of rotatable bonds is 3. The van der Waals surface area contributed by atoms with Gasteiger partial charge in [0, 0.05) is 12.6 Å². The molecule has 112 valence electrons. The van der Waals surface area contributed by atoms with E-state index >= 15 is 0 Å². The average Bonchev–Trinajstić information content (AvgIpc) is 2.33. The average molecular weight is 280 g/mol. The molecular formula is C14H24N4O2. The van der Waals surface area contributed by atoms with Gasteiger partial charge in [-0.3, -0.25) is 14.3 Å². The van der Waals surface area contributed by atoms with Crippen LogP contribution < -0.4 is 22.3 Å². The van der Waals surface area contributed by atoms with Gasteiger partial charge in [-0.15, -0.1) is 0 Å². The molecule has 1 aromatic heterocycles. The van der Waals surface area contributed by atoms with Crippen LogP contribution in [-0.2, 0) is 6.54 Å². The zero-order valence-electron chi connectivity index (χ0n) is 12.4. The molecule has 1 aromatic rings. The van der Waals surface area contributed by atoms with Crippen LogP contribution in [0.1, 0.15) is 40.0 Å². The van der Waals surface area contributed by atoms with E-state index in [0.717, 1.165) is 12.8 Å². The predicted octanol–water partition coefficient (Wildman–Crippen LogP) is 1.38. The Morgan fingerprint density at radius 3 is 2.40 bits per heavy atom. The summed E-state index contributed by atoms with van der Waals surface area (Å²) in [6, 6.07) is 0.236. The molecule has 1 aliphatic rings. The van der Waals surface area contributed by atoms with E-state index in [1.165, 1.54) is 11.0 Å². The molecule has 0 aliphatic heterocycles. The fourth-order valence-corrected chi connectivity index (χ4v) is 3.31. The Balaban J connectivity index is 2.30. The third kappa shape index (κ3) is 2.89. The van der Waals surface area contributed by atoms with Gasteiger partial charge in [0.05, 0.1) is 0 Å². The third-order valence-corrected chi connectivity index (χ3v) is 4.08. The van der Waals surface area contributed by atoms with E-state index < -0.39 is 11.2 Å². The monoisotopic (exact) mass is 280 g/mol. The molecule has 0 bridgehead atoms. The fraction of sp³-hybridized carbons (Fsp3) is 0.714. The van der Waals surface area contributed by atoms with Crippen LogP contribution in [0.2, 0.25) is 0 Å². The van der Waals surface area contributed by atoms with E-state index in [0.29, 0.717) is 24.1 Å². The van der Waals surface area contributed by atoms with Crippen LogP contribution >= 0.6 is 0 Å². The number of hydrogen-bond donors (Lipinski definition) is 3. The van der Waals surface area contributed by atoms with Crippen molar-refractivity contribution >= 4 is 11.5 Å². The molecule has 4 N–H and O–H groups in total. The molecule has 0 aromatic carbocycles. The highest BCUT2D eigenvalue weighted by Crippen LogP contribution is 2.30. The van der Waals surface area contributed by atoms with Crippen molar-refractivity contribution in [2.24, 2.45) is 11.8 Å². The van der Waals surface area contributed by atoms with E-state index in [1.54, 1.807) is 0 Å². The van der Waals surface area contributed by atoms with Crippen molar-refractivity contribution in [2.75, 3.05) is 11.1 Å². The zero-order valence-corrected chi connectivity index (χ0v) is 12.4. The quantitative estimate of drug-likeness (QED) is 0.779. The third-order valence-electron chi connectivity index (χ3n) is 4.08. The molecule has 0 saturated heterocycles. The standard InChI is InChI=1S/C14H24N4O2/c1-4-18-12(15)11(13(19)17-14(18)20)16-10-6-8(2)5-9(3)7-10/h8-10,16H,4-7,15H2,1-3H3,(H,17,19,20). The van der Waals surface area contributed by atoms with Gasteiger partial charge in [-0.2, -0.15) is 0 Å². The van der Waals surface area contributed by atoms with Gasteiger partial charge in [-0.25, -0.2) is 4.79 Å². The van der Waals surface area contributed by atoms with Gasteiger partial charge in [0.25, 0.3) is 5.56 Å². The second-order valence-electron chi connectivity index (χ2n) is 6.02. The molecule has 1 aliphatic carbocycles. The van der Waals surface area contributed by atoms with Crippen LogP contribution in [0.5, 0.6) is 0 Å². The summed E-state index contributed by atoms with van der Waals surface area (Å²) >= 11 is 0. The summed E-state index contributed by atoms with van der Waals surface area (Å²) in [5.74, 6) is 1.49. The number of nitrogens with zero attached hydrogens (tertiary/aromatic N) is 1. The molecular weight excluding hydrogens is 256 g/mol. The van der Waals surface area contributed by atoms with Crippen molar-refractivity contribution < 1.29 is 0 Å². The van der Waals surface area contributed by atoms with Gasteiger partial charge in [-0.05, 0) is 38.0 Å². The summed E-state index contributed by atoms with van der Waals surface area (Å²) in [4.78, 5) is 25.9. The number of aromatic nitrogens is 2. The highest BCUT2D eigenvalue weighted by Gasteiger charge is 2.25. The van der Waals surface area contributed by atoms with E-state index in [4.69, 9.17) is 5.73 Å². The van der Waals surface area contributed by atoms with Crippen molar-refractivity contribution in [2.45, 2.75) is 52.6 Å². The van der Waals surface area contributed by atoms with Gasteiger partial charge in [-0.1, -0.05) is 13.8 Å². The zero-order chi connectivity index (χ0) is 14.9. The summed E-state index contributed by atoms with van der Waals surface area (Å²) < 4.78 is 1.37. The summed E-state index contributed by atoms with van der Waals surface area (Å²) in [6.45, 7) is 6.72. The number of nitrogens with two attached hydrogens (primary N) is 1. The first-order valence-corrected chi connectivity index (χ1v) is 7.31. The van der Waals surface area contributed by atoms with E-state index in [9.17, 15) is 9.59 Å². The lowest BCUT2D eigenvalue weighted by atomic mass is 9.80.